The van der Waals surface area contributed by atoms with Gasteiger partial charge in [0.1, 0.15) is 11.4 Å². The van der Waals surface area contributed by atoms with Crippen molar-refractivity contribution in [3.8, 4) is 5.75 Å². The van der Waals surface area contributed by atoms with E-state index in [1.54, 1.807) is 0 Å². The lowest BCUT2D eigenvalue weighted by atomic mass is 9.87. The predicted molar refractivity (Wildman–Crippen MR) is 79.8 cm³/mol. The van der Waals surface area contributed by atoms with Crippen molar-refractivity contribution in [3.05, 3.63) is 59.2 Å². The largest absolute Gasteiger partial charge is 0.493 e. The third-order valence-electron chi connectivity index (χ3n) is 3.96. The number of para-hydroxylation sites is 1. The summed E-state index contributed by atoms with van der Waals surface area (Å²) in [5.74, 6) is 0.752. The Labute approximate surface area is 119 Å². The van der Waals surface area contributed by atoms with E-state index in [0.717, 1.165) is 34.5 Å². The maximum Gasteiger partial charge on any atom is 0.125 e. The summed E-state index contributed by atoms with van der Waals surface area (Å²) in [4.78, 5) is 0. The van der Waals surface area contributed by atoms with Gasteiger partial charge in [0.2, 0.25) is 0 Å². The highest BCUT2D eigenvalue weighted by Gasteiger charge is 2.40. The van der Waals surface area contributed by atoms with E-state index in [9.17, 15) is 5.11 Å². The number of nitrogens with two attached hydrogens (primary N) is 1. The van der Waals surface area contributed by atoms with Crippen molar-refractivity contribution in [2.24, 2.45) is 0 Å². The third-order valence-corrected chi connectivity index (χ3v) is 3.96. The highest BCUT2D eigenvalue weighted by Crippen LogP contribution is 2.45. The first-order chi connectivity index (χ1) is 9.65. The molecule has 20 heavy (non-hydrogen) atoms. The van der Waals surface area contributed by atoms with Crippen LogP contribution in [0, 0.1) is 0 Å². The average Bonchev–Trinajstić information content (AvgIpc) is 2.78. The van der Waals surface area contributed by atoms with Crippen LogP contribution in [0.2, 0.25) is 0 Å². The van der Waals surface area contributed by atoms with Crippen LogP contribution in [0.3, 0.4) is 0 Å². The van der Waals surface area contributed by atoms with Gasteiger partial charge >= 0.3 is 0 Å². The predicted octanol–water partition coefficient (Wildman–Crippen LogP) is 2.85. The molecular formula is C17H19NO2. The van der Waals surface area contributed by atoms with Gasteiger partial charge in [-0.3, -0.25) is 0 Å². The number of anilines is 1. The SMILES string of the molecule is CCOc1ccccc1C1(O)CCc2cc(N)ccc21. The summed E-state index contributed by atoms with van der Waals surface area (Å²) in [7, 11) is 0. The molecule has 2 aromatic rings. The van der Waals surface area contributed by atoms with Gasteiger partial charge in [0, 0.05) is 11.3 Å². The second-order valence-electron chi connectivity index (χ2n) is 5.21. The fraction of sp³-hybridized carbons (Fsp3) is 0.294. The number of hydrogen-bond donors (Lipinski definition) is 2. The molecule has 0 saturated carbocycles. The van der Waals surface area contributed by atoms with Gasteiger partial charge in [-0.05, 0) is 49.1 Å². The van der Waals surface area contributed by atoms with Crippen molar-refractivity contribution in [1.82, 2.24) is 0 Å². The first-order valence-electron chi connectivity index (χ1n) is 6.98. The summed E-state index contributed by atoms with van der Waals surface area (Å²) in [5, 5.41) is 11.2. The van der Waals surface area contributed by atoms with Crippen LogP contribution in [0.4, 0.5) is 5.69 Å². The Kier molecular flexibility index (Phi) is 3.14. The van der Waals surface area contributed by atoms with Crippen LogP contribution in [-0.2, 0) is 12.0 Å². The number of rotatable bonds is 3. The Morgan fingerprint density at radius 3 is 2.80 bits per heavy atom. The molecule has 1 atom stereocenters. The number of nitrogen functional groups attached to an aromatic ring is 1. The molecule has 3 heteroatoms. The highest BCUT2D eigenvalue weighted by atomic mass is 16.5. The van der Waals surface area contributed by atoms with E-state index in [2.05, 4.69) is 0 Å². The number of ether oxygens (including phenoxy) is 1. The monoisotopic (exact) mass is 269 g/mol. The molecule has 3 rings (SSSR count). The quantitative estimate of drug-likeness (QED) is 0.842. The van der Waals surface area contributed by atoms with E-state index in [1.165, 1.54) is 0 Å². The number of aryl methyl sites for hydroxylation is 1. The van der Waals surface area contributed by atoms with Crippen LogP contribution in [0.15, 0.2) is 42.5 Å². The van der Waals surface area contributed by atoms with Crippen LogP contribution >= 0.6 is 0 Å². The van der Waals surface area contributed by atoms with Gasteiger partial charge in [0.05, 0.1) is 6.61 Å². The van der Waals surface area contributed by atoms with Crippen molar-refractivity contribution in [3.63, 3.8) is 0 Å². The molecule has 0 spiro atoms. The molecule has 0 fully saturated rings. The number of benzene rings is 2. The zero-order chi connectivity index (χ0) is 14.2. The molecule has 3 nitrogen and oxygen atoms in total. The lowest BCUT2D eigenvalue weighted by molar-refractivity contribution is 0.0793. The normalized spacial score (nSPS) is 20.7. The summed E-state index contributed by atoms with van der Waals surface area (Å²) < 4.78 is 5.67. The van der Waals surface area contributed by atoms with E-state index in [4.69, 9.17) is 10.5 Å². The van der Waals surface area contributed by atoms with Gasteiger partial charge in [0.25, 0.3) is 0 Å². The van der Waals surface area contributed by atoms with Crippen LogP contribution in [0.5, 0.6) is 5.75 Å². The number of fused-ring (bicyclic) bond motifs is 1. The fourth-order valence-corrected chi connectivity index (χ4v) is 3.04. The minimum absolute atomic E-state index is 0.585. The molecule has 1 aliphatic carbocycles. The molecule has 0 heterocycles. The van der Waals surface area contributed by atoms with E-state index >= 15 is 0 Å². The Morgan fingerprint density at radius 2 is 2.00 bits per heavy atom. The molecule has 0 radical (unpaired) electrons. The summed E-state index contributed by atoms with van der Waals surface area (Å²) in [5.41, 5.74) is 8.50. The van der Waals surface area contributed by atoms with Crippen LogP contribution in [0.1, 0.15) is 30.0 Å². The van der Waals surface area contributed by atoms with Gasteiger partial charge in [-0.25, -0.2) is 0 Å². The molecule has 0 aromatic heterocycles. The summed E-state index contributed by atoms with van der Waals surface area (Å²) in [6, 6.07) is 13.4. The van der Waals surface area contributed by atoms with Crippen molar-refractivity contribution in [2.45, 2.75) is 25.4 Å². The first-order valence-corrected chi connectivity index (χ1v) is 6.98. The van der Waals surface area contributed by atoms with Gasteiger partial charge < -0.3 is 15.6 Å². The Bertz CT molecular complexity index is 639. The second kappa shape index (κ2) is 4.84. The number of aliphatic hydroxyl groups is 1. The minimum Gasteiger partial charge on any atom is -0.493 e. The minimum atomic E-state index is -0.977. The van der Waals surface area contributed by atoms with Crippen LogP contribution < -0.4 is 10.5 Å². The van der Waals surface area contributed by atoms with Gasteiger partial charge in [-0.1, -0.05) is 24.3 Å². The zero-order valence-corrected chi connectivity index (χ0v) is 11.6. The smallest absolute Gasteiger partial charge is 0.125 e. The number of hydrogen-bond acceptors (Lipinski definition) is 3. The zero-order valence-electron chi connectivity index (χ0n) is 11.6. The molecule has 1 aliphatic rings. The molecular weight excluding hydrogens is 250 g/mol. The Balaban J connectivity index is 2.12. The second-order valence-corrected chi connectivity index (χ2v) is 5.21. The molecule has 2 aromatic carbocycles. The maximum absolute atomic E-state index is 11.2. The molecule has 104 valence electrons. The van der Waals surface area contributed by atoms with Gasteiger partial charge in [-0.15, -0.1) is 0 Å². The maximum atomic E-state index is 11.2. The fourth-order valence-electron chi connectivity index (χ4n) is 3.04. The van der Waals surface area contributed by atoms with Gasteiger partial charge in [0.15, 0.2) is 0 Å². The van der Waals surface area contributed by atoms with E-state index < -0.39 is 5.60 Å². The Morgan fingerprint density at radius 1 is 1.20 bits per heavy atom. The van der Waals surface area contributed by atoms with E-state index in [0.29, 0.717) is 13.0 Å². The van der Waals surface area contributed by atoms with Crippen molar-refractivity contribution in [1.29, 1.82) is 0 Å². The van der Waals surface area contributed by atoms with Crippen LogP contribution in [-0.4, -0.2) is 11.7 Å². The van der Waals surface area contributed by atoms with E-state index in [1.807, 2.05) is 49.4 Å². The lowest BCUT2D eigenvalue weighted by Crippen LogP contribution is -2.24. The first kappa shape index (κ1) is 13.0. The van der Waals surface area contributed by atoms with Crippen LogP contribution in [0.25, 0.3) is 0 Å². The molecule has 0 bridgehead atoms. The third kappa shape index (κ3) is 1.95. The topological polar surface area (TPSA) is 55.5 Å². The summed E-state index contributed by atoms with van der Waals surface area (Å²) >= 11 is 0. The lowest BCUT2D eigenvalue weighted by Gasteiger charge is -2.27. The van der Waals surface area contributed by atoms with Crippen molar-refractivity contribution in [2.75, 3.05) is 12.3 Å². The highest BCUT2D eigenvalue weighted by molar-refractivity contribution is 5.54. The molecule has 0 saturated heterocycles. The van der Waals surface area contributed by atoms with Gasteiger partial charge in [-0.2, -0.15) is 0 Å². The molecule has 3 N–H and O–H groups in total. The van der Waals surface area contributed by atoms with E-state index in [-0.39, 0.29) is 0 Å². The molecule has 1 unspecified atom stereocenters. The summed E-state index contributed by atoms with van der Waals surface area (Å²) in [6.45, 7) is 2.53. The Hall–Kier alpha value is -2.00. The average molecular weight is 269 g/mol. The molecule has 0 amide bonds. The van der Waals surface area contributed by atoms with Crippen molar-refractivity contribution < 1.29 is 9.84 Å². The standard InChI is InChI=1S/C17H19NO2/c1-2-20-16-6-4-3-5-15(16)17(19)10-9-12-11-13(18)7-8-14(12)17/h3-8,11,19H,2,9-10,18H2,1H3. The van der Waals surface area contributed by atoms with Crippen molar-refractivity contribution >= 4 is 5.69 Å². The molecule has 0 aliphatic heterocycles. The summed E-state index contributed by atoms with van der Waals surface area (Å²) in [6.07, 6.45) is 1.49.